The van der Waals surface area contributed by atoms with Crippen LogP contribution in [-0.4, -0.2) is 46.3 Å². The molecular weight excluding hydrogens is 314 g/mol. The minimum atomic E-state index is -0.102. The first-order valence-electron chi connectivity index (χ1n) is 7.77. The molecule has 0 spiro atoms. The van der Waals surface area contributed by atoms with Gasteiger partial charge in [-0.15, -0.1) is 0 Å². The molecule has 22 heavy (non-hydrogen) atoms. The van der Waals surface area contributed by atoms with E-state index in [0.717, 1.165) is 30.6 Å². The molecule has 1 unspecified atom stereocenters. The van der Waals surface area contributed by atoms with Crippen LogP contribution in [0.3, 0.4) is 0 Å². The van der Waals surface area contributed by atoms with E-state index < -0.39 is 0 Å². The Bertz CT molecular complexity index is 414. The zero-order valence-electron chi connectivity index (χ0n) is 13.3. The van der Waals surface area contributed by atoms with Crippen LogP contribution >= 0.6 is 24.4 Å². The van der Waals surface area contributed by atoms with E-state index in [2.05, 4.69) is 18.9 Å². The molecule has 1 aromatic rings. The van der Waals surface area contributed by atoms with Crippen LogP contribution in [0.1, 0.15) is 31.2 Å². The standard InChI is InChI=1S/C17H27NO2S2/c1-22-12-6-5-9-16(14-19)18(17(20)10-11-21)13-15-7-3-2-4-8-15/h2-4,7-8,16,19,21H,5-6,9-14H2,1H3. The summed E-state index contributed by atoms with van der Waals surface area (Å²) in [5.74, 6) is 1.73. The molecule has 0 aromatic heterocycles. The van der Waals surface area contributed by atoms with Crippen molar-refractivity contribution >= 4 is 30.3 Å². The lowest BCUT2D eigenvalue weighted by Gasteiger charge is -2.31. The summed E-state index contributed by atoms with van der Waals surface area (Å²) in [4.78, 5) is 14.2. The number of unbranched alkanes of at least 4 members (excludes halogenated alkanes) is 1. The number of thioether (sulfide) groups is 1. The molecule has 1 amide bonds. The van der Waals surface area contributed by atoms with Crippen LogP contribution in [0.2, 0.25) is 0 Å². The van der Waals surface area contributed by atoms with E-state index in [1.165, 1.54) is 0 Å². The van der Waals surface area contributed by atoms with Gasteiger partial charge in [-0.1, -0.05) is 36.8 Å². The summed E-state index contributed by atoms with van der Waals surface area (Å²) in [5, 5.41) is 9.73. The van der Waals surface area contributed by atoms with Gasteiger partial charge in [-0.05, 0) is 36.2 Å². The molecule has 1 N–H and O–H groups in total. The largest absolute Gasteiger partial charge is 0.394 e. The first-order valence-corrected chi connectivity index (χ1v) is 9.79. The van der Waals surface area contributed by atoms with Crippen LogP contribution in [0.25, 0.3) is 0 Å². The second kappa shape index (κ2) is 11.9. The molecule has 0 saturated heterocycles. The fourth-order valence-corrected chi connectivity index (χ4v) is 3.10. The Labute approximate surface area is 143 Å². The molecular formula is C17H27NO2S2. The van der Waals surface area contributed by atoms with E-state index in [1.54, 1.807) is 0 Å². The van der Waals surface area contributed by atoms with Gasteiger partial charge >= 0.3 is 0 Å². The summed E-state index contributed by atoms with van der Waals surface area (Å²) in [5.41, 5.74) is 1.09. The maximum absolute atomic E-state index is 12.4. The van der Waals surface area contributed by atoms with Crippen LogP contribution < -0.4 is 0 Å². The zero-order chi connectivity index (χ0) is 16.2. The highest BCUT2D eigenvalue weighted by Gasteiger charge is 2.22. The van der Waals surface area contributed by atoms with Crippen LogP contribution in [0.5, 0.6) is 0 Å². The van der Waals surface area contributed by atoms with Crippen LogP contribution in [0.4, 0.5) is 0 Å². The van der Waals surface area contributed by atoms with Crippen molar-refractivity contribution in [1.29, 1.82) is 0 Å². The lowest BCUT2D eigenvalue weighted by molar-refractivity contribution is -0.135. The van der Waals surface area contributed by atoms with Gasteiger partial charge < -0.3 is 10.0 Å². The lowest BCUT2D eigenvalue weighted by Crippen LogP contribution is -2.42. The number of aliphatic hydroxyl groups is 1. The molecule has 1 rings (SSSR count). The van der Waals surface area contributed by atoms with Gasteiger partial charge in [-0.2, -0.15) is 24.4 Å². The van der Waals surface area contributed by atoms with Crippen molar-refractivity contribution in [3.63, 3.8) is 0 Å². The van der Waals surface area contributed by atoms with E-state index in [1.807, 2.05) is 47.0 Å². The smallest absolute Gasteiger partial charge is 0.224 e. The third-order valence-electron chi connectivity index (χ3n) is 3.63. The number of aliphatic hydroxyl groups excluding tert-OH is 1. The lowest BCUT2D eigenvalue weighted by atomic mass is 10.1. The summed E-state index contributed by atoms with van der Waals surface area (Å²) in [6, 6.07) is 9.85. The number of thiol groups is 1. The van der Waals surface area contributed by atoms with Crippen molar-refractivity contribution in [2.45, 2.75) is 38.3 Å². The Morgan fingerprint density at radius 3 is 2.64 bits per heavy atom. The Hall–Kier alpha value is -0.650. The highest BCUT2D eigenvalue weighted by Crippen LogP contribution is 2.16. The van der Waals surface area contributed by atoms with E-state index >= 15 is 0 Å². The van der Waals surface area contributed by atoms with Crippen LogP contribution in [0, 0.1) is 0 Å². The number of nitrogens with zero attached hydrogens (tertiary/aromatic N) is 1. The number of amides is 1. The van der Waals surface area contributed by atoms with Crippen molar-refractivity contribution in [1.82, 2.24) is 4.90 Å². The van der Waals surface area contributed by atoms with Crippen molar-refractivity contribution in [2.24, 2.45) is 0 Å². The predicted octanol–water partition coefficient (Wildman–Crippen LogP) is 3.23. The Balaban J connectivity index is 2.71. The average Bonchev–Trinajstić information content (AvgIpc) is 2.54. The van der Waals surface area contributed by atoms with Gasteiger partial charge in [0, 0.05) is 13.0 Å². The number of hydrogen-bond acceptors (Lipinski definition) is 4. The van der Waals surface area contributed by atoms with E-state index in [-0.39, 0.29) is 18.6 Å². The molecule has 0 fully saturated rings. The summed E-state index contributed by atoms with van der Waals surface area (Å²) >= 11 is 6.00. The molecule has 0 radical (unpaired) electrons. The second-order valence-electron chi connectivity index (χ2n) is 5.31. The van der Waals surface area contributed by atoms with Gasteiger partial charge in [0.15, 0.2) is 0 Å². The summed E-state index contributed by atoms with van der Waals surface area (Å²) in [6.07, 6.45) is 5.52. The summed E-state index contributed by atoms with van der Waals surface area (Å²) in [7, 11) is 0. The second-order valence-corrected chi connectivity index (χ2v) is 6.74. The number of carbonyl (C=O) groups is 1. The molecule has 3 nitrogen and oxygen atoms in total. The Morgan fingerprint density at radius 1 is 1.32 bits per heavy atom. The van der Waals surface area contributed by atoms with Gasteiger partial charge in [0.1, 0.15) is 0 Å². The maximum atomic E-state index is 12.4. The summed E-state index contributed by atoms with van der Waals surface area (Å²) < 4.78 is 0. The number of rotatable bonds is 11. The van der Waals surface area contributed by atoms with Gasteiger partial charge in [0.05, 0.1) is 12.6 Å². The van der Waals surface area contributed by atoms with E-state index in [4.69, 9.17) is 0 Å². The highest BCUT2D eigenvalue weighted by molar-refractivity contribution is 7.98. The van der Waals surface area contributed by atoms with Crippen LogP contribution in [-0.2, 0) is 11.3 Å². The molecule has 0 bridgehead atoms. The molecule has 0 aliphatic heterocycles. The van der Waals surface area contributed by atoms with Gasteiger partial charge in [0.2, 0.25) is 5.91 Å². The maximum Gasteiger partial charge on any atom is 0.224 e. The number of benzene rings is 1. The molecule has 0 aliphatic carbocycles. The van der Waals surface area contributed by atoms with E-state index in [9.17, 15) is 9.90 Å². The molecule has 0 saturated carbocycles. The highest BCUT2D eigenvalue weighted by atomic mass is 32.2. The first-order chi connectivity index (χ1) is 10.7. The molecule has 1 aromatic carbocycles. The van der Waals surface area contributed by atoms with Crippen LogP contribution in [0.15, 0.2) is 30.3 Å². The third kappa shape index (κ3) is 7.07. The van der Waals surface area contributed by atoms with Crippen molar-refractivity contribution < 1.29 is 9.90 Å². The molecule has 5 heteroatoms. The Kier molecular flexibility index (Phi) is 10.5. The Morgan fingerprint density at radius 2 is 2.05 bits per heavy atom. The number of hydrogen-bond donors (Lipinski definition) is 2. The van der Waals surface area contributed by atoms with Gasteiger partial charge in [0.25, 0.3) is 0 Å². The predicted molar refractivity (Wildman–Crippen MR) is 98.6 cm³/mol. The SMILES string of the molecule is CSCCCCC(CO)N(Cc1ccccc1)C(=O)CCS. The van der Waals surface area contributed by atoms with Crippen molar-refractivity contribution in [3.05, 3.63) is 35.9 Å². The summed E-state index contributed by atoms with van der Waals surface area (Å²) in [6.45, 7) is 0.575. The third-order valence-corrected chi connectivity index (χ3v) is 4.55. The monoisotopic (exact) mass is 341 g/mol. The quantitative estimate of drug-likeness (QED) is 0.479. The fraction of sp³-hybridized carbons (Fsp3) is 0.588. The molecule has 124 valence electrons. The minimum absolute atomic E-state index is 0.0183. The molecule has 0 heterocycles. The fourth-order valence-electron chi connectivity index (χ4n) is 2.41. The molecule has 0 aliphatic rings. The van der Waals surface area contributed by atoms with Crippen molar-refractivity contribution in [2.75, 3.05) is 24.4 Å². The normalized spacial score (nSPS) is 12.1. The minimum Gasteiger partial charge on any atom is -0.394 e. The molecule has 1 atom stereocenters. The number of carbonyl (C=O) groups excluding carboxylic acids is 1. The van der Waals surface area contributed by atoms with Crippen molar-refractivity contribution in [3.8, 4) is 0 Å². The first kappa shape index (κ1) is 19.4. The zero-order valence-corrected chi connectivity index (χ0v) is 15.0. The topological polar surface area (TPSA) is 40.5 Å². The average molecular weight is 342 g/mol. The van der Waals surface area contributed by atoms with Gasteiger partial charge in [-0.3, -0.25) is 4.79 Å². The van der Waals surface area contributed by atoms with E-state index in [0.29, 0.717) is 18.7 Å². The van der Waals surface area contributed by atoms with Gasteiger partial charge in [-0.25, -0.2) is 0 Å².